The number of hydrogen-bond donors (Lipinski definition) is 1. The number of fused-ring (bicyclic) bond motifs is 5. The molecule has 8 aromatic heterocycles. The molecule has 1 fully saturated rings. The van der Waals surface area contributed by atoms with Crippen LogP contribution in [0.25, 0.3) is 110 Å². The predicted molar refractivity (Wildman–Crippen MR) is 478 cm³/mol. The third-order valence-corrected chi connectivity index (χ3v) is 21.0. The van der Waals surface area contributed by atoms with Gasteiger partial charge < -0.3 is 84.4 Å². The summed E-state index contributed by atoms with van der Waals surface area (Å²) in [5, 5.41) is 30.5. The number of halogens is 15. The second-order valence-electron chi connectivity index (χ2n) is 31.1. The zero-order valence-corrected chi connectivity index (χ0v) is 73.4. The van der Waals surface area contributed by atoms with Crippen LogP contribution in [0.2, 0.25) is 0 Å². The Morgan fingerprint density at radius 3 is 1.04 bits per heavy atom. The van der Waals surface area contributed by atoms with Crippen LogP contribution in [0.15, 0.2) is 314 Å². The minimum absolute atomic E-state index is 0.232. The van der Waals surface area contributed by atoms with Crippen LogP contribution in [-0.2, 0) is 40.5 Å². The van der Waals surface area contributed by atoms with Crippen molar-refractivity contribution in [1.29, 1.82) is 0 Å². The SMILES string of the molecule is C=C1CC(COc2noc3ccc(-c4ccc(OC(F)(F)F)cc4)cc23)CN1.CCn1cccc1COc1noc2ccc(-c3ccc(OC(F)(F)F)cc3)cc12.Cn1cc(COc2noc3ccc(-c4ccc(OC(F)(F)F)cc4)cc23)cn1.Cn1cnc(COc2noc3ccc(-c4ccc(OC(F)(F)F)cc4)cc23)c1.FC(F)(F)Oc1ccc(-c2ccc3onc(OCC4=CCC=C4)c3c2)cc1. The molecule has 2 aliphatic rings. The van der Waals surface area contributed by atoms with Crippen molar-refractivity contribution >= 4 is 54.8 Å². The summed E-state index contributed by atoms with van der Waals surface area (Å²) in [6.45, 7) is 9.33. The Kier molecular flexibility index (Phi) is 28.8. The highest BCUT2D eigenvalue weighted by molar-refractivity contribution is 5.91. The van der Waals surface area contributed by atoms with Crippen molar-refractivity contribution in [1.82, 2.24) is 55.0 Å². The molecule has 0 saturated carbocycles. The summed E-state index contributed by atoms with van der Waals surface area (Å²) in [5.41, 5.74) is 15.1. The first kappa shape index (κ1) is 96.3. The number of imidazole rings is 1. The van der Waals surface area contributed by atoms with Crippen molar-refractivity contribution in [3.63, 3.8) is 0 Å². The number of allylic oxidation sites excluding steroid dienone is 3. The summed E-state index contributed by atoms with van der Waals surface area (Å²) in [6, 6.07) is 59.0. The average molecular weight is 1940 g/mol. The van der Waals surface area contributed by atoms with Crippen molar-refractivity contribution in [3.8, 4) is 114 Å². The first-order valence-electron chi connectivity index (χ1n) is 42.3. The normalized spacial score (nSPS) is 13.2. The molecular formula is C99H76F15N11O15. The van der Waals surface area contributed by atoms with Crippen LogP contribution in [0.4, 0.5) is 65.9 Å². The Balaban J connectivity index is 0.000000126. The number of rotatable bonds is 26. The third-order valence-electron chi connectivity index (χ3n) is 21.0. The van der Waals surface area contributed by atoms with Gasteiger partial charge in [0.2, 0.25) is 0 Å². The predicted octanol–water partition coefficient (Wildman–Crippen LogP) is 25.8. The van der Waals surface area contributed by atoms with Gasteiger partial charge >= 0.3 is 31.8 Å². The van der Waals surface area contributed by atoms with E-state index < -0.39 is 31.8 Å². The summed E-state index contributed by atoms with van der Waals surface area (Å²) in [4.78, 5) is 4.18. The van der Waals surface area contributed by atoms with Gasteiger partial charge in [0, 0.05) is 63.0 Å². The number of nitrogens with one attached hydrogen (secondary N) is 1. The molecule has 18 aromatic rings. The molecule has 1 unspecified atom stereocenters. The van der Waals surface area contributed by atoms with Gasteiger partial charge in [0.05, 0.1) is 57.5 Å². The van der Waals surface area contributed by atoms with Crippen molar-refractivity contribution in [2.24, 2.45) is 20.0 Å². The zero-order valence-electron chi connectivity index (χ0n) is 73.4. The van der Waals surface area contributed by atoms with Gasteiger partial charge in [-0.05, 0) is 240 Å². The Morgan fingerprint density at radius 1 is 0.400 bits per heavy atom. The van der Waals surface area contributed by atoms with Crippen LogP contribution in [0, 0.1) is 5.92 Å². The quantitative estimate of drug-likeness (QED) is 0.0493. The first-order valence-corrected chi connectivity index (χ1v) is 42.3. The number of alkyl halides is 15. The number of benzene rings is 10. The number of aryl methyl sites for hydroxylation is 3. The standard InChI is InChI=1S/C21H17F3N2O3.C20H17F3N2O3.C20H14F3NO3.2C19H14F3N3O3/c1-2-26-11-3-4-16(26)13-27-20-18-12-15(7-10-19(18)29-25-20)14-5-8-17(9-6-14)28-21(22,23)24;1-12-8-13(10-24-12)11-26-19-17-9-15(4-7-18(17)28-25-19)14-2-5-16(6-3-14)27-20(21,22)23;21-20(22,23)26-16-8-5-14(6-9-16)15-7-10-18-17(11-15)19(24-27-18)25-12-13-3-1-2-4-13;1-25-10-12(9-23-25)11-26-18-16-8-14(4-7-17(16)28-24-18)13-2-5-15(6-3-13)27-19(20,21)22;1-25-9-14(23-11-25)10-26-18-16-8-13(4-7-17(16)28-24-18)12-2-5-15(6-3-12)27-19(20,21)22/h3-12H,2,13H2,1H3;2-7,9,13,24H,1,8,10-11H2;1,3-11H,2,12H2;2-10H,11H2,1H3;2-9,11H,10H2,1H3. The van der Waals surface area contributed by atoms with Gasteiger partial charge in [0.1, 0.15) is 55.2 Å². The summed E-state index contributed by atoms with van der Waals surface area (Å²) in [7, 11) is 3.67. The number of hydrogen-bond acceptors (Lipinski definition) is 23. The Labute approximate surface area is 782 Å². The molecule has 140 heavy (non-hydrogen) atoms. The largest absolute Gasteiger partial charge is 0.573 e. The fourth-order valence-corrected chi connectivity index (χ4v) is 14.5. The van der Waals surface area contributed by atoms with Crippen molar-refractivity contribution in [2.75, 3.05) is 19.8 Å². The molecule has 0 spiro atoms. The molecule has 1 aliphatic carbocycles. The number of aromatic nitrogens is 10. The van der Waals surface area contributed by atoms with E-state index in [0.717, 1.165) is 104 Å². The van der Waals surface area contributed by atoms with Crippen LogP contribution < -0.4 is 52.7 Å². The molecule has 26 nitrogen and oxygen atoms in total. The molecule has 41 heteroatoms. The minimum Gasteiger partial charge on any atom is -0.475 e. The van der Waals surface area contributed by atoms with Gasteiger partial charge in [-0.3, -0.25) is 4.68 Å². The Morgan fingerprint density at radius 2 is 0.736 bits per heavy atom. The highest BCUT2D eigenvalue weighted by Crippen LogP contribution is 2.41. The van der Waals surface area contributed by atoms with E-state index in [1.54, 1.807) is 139 Å². The Bertz CT molecular complexity index is 7160. The van der Waals surface area contributed by atoms with E-state index in [2.05, 4.69) is 82.1 Å². The topological polar surface area (TPSA) is 275 Å². The molecule has 1 saturated heterocycles. The van der Waals surface area contributed by atoms with Gasteiger partial charge in [-0.2, -0.15) is 5.10 Å². The lowest BCUT2D eigenvalue weighted by Crippen LogP contribution is -2.16. The number of ether oxygens (including phenoxy) is 10. The van der Waals surface area contributed by atoms with Gasteiger partial charge in [-0.25, -0.2) is 4.98 Å². The van der Waals surface area contributed by atoms with E-state index >= 15 is 0 Å². The summed E-state index contributed by atoms with van der Waals surface area (Å²) in [6.07, 6.45) is -6.71. The van der Waals surface area contributed by atoms with E-state index in [9.17, 15) is 65.9 Å². The number of nitrogens with zero attached hydrogens (tertiary/aromatic N) is 10. The van der Waals surface area contributed by atoms with Crippen LogP contribution in [0.5, 0.6) is 58.1 Å². The third kappa shape index (κ3) is 26.1. The van der Waals surface area contributed by atoms with E-state index in [1.165, 1.54) is 60.7 Å². The van der Waals surface area contributed by atoms with Gasteiger partial charge in [0.25, 0.3) is 29.4 Å². The fourth-order valence-electron chi connectivity index (χ4n) is 14.5. The zero-order chi connectivity index (χ0) is 98.5. The Hall–Kier alpha value is -16.8. The monoisotopic (exact) mass is 1940 g/mol. The van der Waals surface area contributed by atoms with Crippen molar-refractivity contribution in [2.45, 2.75) is 77.9 Å². The molecule has 722 valence electrons. The summed E-state index contributed by atoms with van der Waals surface area (Å²) >= 11 is 0. The lowest BCUT2D eigenvalue weighted by molar-refractivity contribution is -0.275. The van der Waals surface area contributed by atoms with E-state index in [0.29, 0.717) is 116 Å². The lowest BCUT2D eigenvalue weighted by Gasteiger charge is -2.10. The molecule has 1 atom stereocenters. The maximum absolute atomic E-state index is 12.3. The minimum atomic E-state index is -4.72. The molecule has 9 heterocycles. The van der Waals surface area contributed by atoms with Crippen LogP contribution in [0.1, 0.15) is 36.7 Å². The molecule has 20 rings (SSSR count). The van der Waals surface area contributed by atoms with Gasteiger partial charge in [-0.15, -0.1) is 65.9 Å². The summed E-state index contributed by atoms with van der Waals surface area (Å²) < 4.78 is 265. The van der Waals surface area contributed by atoms with Gasteiger partial charge in [0.15, 0.2) is 27.9 Å². The highest BCUT2D eigenvalue weighted by Gasteiger charge is 2.35. The second kappa shape index (κ2) is 41.8. The fraction of sp³-hybridized carbons (Fsp3) is 0.182. The van der Waals surface area contributed by atoms with E-state index in [-0.39, 0.29) is 42.0 Å². The molecule has 0 amide bonds. The van der Waals surface area contributed by atoms with Crippen LogP contribution in [-0.4, -0.2) is 101 Å². The smallest absolute Gasteiger partial charge is 0.475 e. The second-order valence-corrected chi connectivity index (χ2v) is 31.1. The molecule has 0 radical (unpaired) electrons. The van der Waals surface area contributed by atoms with Gasteiger partial charge in [-0.1, -0.05) is 116 Å². The molecule has 10 aromatic carbocycles. The van der Waals surface area contributed by atoms with E-state index in [4.69, 9.17) is 46.3 Å². The lowest BCUT2D eigenvalue weighted by atomic mass is 10.0. The first-order chi connectivity index (χ1) is 67.0. The van der Waals surface area contributed by atoms with Crippen molar-refractivity contribution < 1.29 is 136 Å². The maximum atomic E-state index is 12.3. The van der Waals surface area contributed by atoms with Crippen LogP contribution >= 0.6 is 0 Å². The maximum Gasteiger partial charge on any atom is 0.573 e. The summed E-state index contributed by atoms with van der Waals surface area (Å²) in [5.74, 6) is 0.761. The molecule has 0 bridgehead atoms. The van der Waals surface area contributed by atoms with Crippen LogP contribution in [0.3, 0.4) is 0 Å². The molecular weight excluding hydrogens is 1870 g/mol. The average Bonchev–Trinajstić information content (AvgIpc) is 1.64. The van der Waals surface area contributed by atoms with E-state index in [1.807, 2.05) is 98.8 Å². The molecule has 1 N–H and O–H groups in total. The van der Waals surface area contributed by atoms with Crippen molar-refractivity contribution in [3.05, 3.63) is 309 Å². The molecule has 1 aliphatic heterocycles. The highest BCUT2D eigenvalue weighted by atomic mass is 19.4.